The summed E-state index contributed by atoms with van der Waals surface area (Å²) < 4.78 is 4.71. The van der Waals surface area contributed by atoms with Crippen LogP contribution in [0.15, 0.2) is 22.3 Å². The summed E-state index contributed by atoms with van der Waals surface area (Å²) >= 11 is 1.45. The van der Waals surface area contributed by atoms with Crippen molar-refractivity contribution in [2.24, 2.45) is 0 Å². The van der Waals surface area contributed by atoms with Crippen molar-refractivity contribution in [3.8, 4) is 6.07 Å². The summed E-state index contributed by atoms with van der Waals surface area (Å²) in [4.78, 5) is 39.4. The zero-order valence-electron chi connectivity index (χ0n) is 15.4. The number of nitriles is 1. The highest BCUT2D eigenvalue weighted by molar-refractivity contribution is 7.10. The molecule has 1 unspecified atom stereocenters. The van der Waals surface area contributed by atoms with Crippen LogP contribution in [0, 0.1) is 25.2 Å². The number of nitrogens with zero attached hydrogens (tertiary/aromatic N) is 1. The topological polar surface area (TPSA) is 112 Å². The maximum Gasteiger partial charge on any atom is 0.307 e. The van der Waals surface area contributed by atoms with Crippen LogP contribution in [0.1, 0.15) is 46.1 Å². The van der Waals surface area contributed by atoms with Gasteiger partial charge >= 0.3 is 5.97 Å². The van der Waals surface area contributed by atoms with Gasteiger partial charge in [0.1, 0.15) is 11.6 Å². The van der Waals surface area contributed by atoms with Gasteiger partial charge in [-0.15, -0.1) is 11.3 Å². The fourth-order valence-corrected chi connectivity index (χ4v) is 3.67. The highest BCUT2D eigenvalue weighted by Crippen LogP contribution is 2.23. The van der Waals surface area contributed by atoms with Crippen molar-refractivity contribution in [3.05, 3.63) is 55.1 Å². The van der Waals surface area contributed by atoms with Gasteiger partial charge in [0.05, 0.1) is 19.6 Å². The minimum absolute atomic E-state index is 0.0536. The van der Waals surface area contributed by atoms with Crippen molar-refractivity contribution in [2.75, 3.05) is 7.11 Å². The molecule has 8 heteroatoms. The molecule has 142 valence electrons. The zero-order valence-corrected chi connectivity index (χ0v) is 16.2. The van der Waals surface area contributed by atoms with E-state index < -0.39 is 17.6 Å². The Labute approximate surface area is 161 Å². The Morgan fingerprint density at radius 1 is 1.41 bits per heavy atom. The second-order valence-electron chi connectivity index (χ2n) is 6.09. The minimum Gasteiger partial charge on any atom is -0.469 e. The van der Waals surface area contributed by atoms with Crippen LogP contribution >= 0.6 is 11.3 Å². The molecule has 2 heterocycles. The highest BCUT2D eigenvalue weighted by atomic mass is 32.1. The third kappa shape index (κ3) is 5.05. The number of carbonyl (C=O) groups is 2. The average molecular weight is 387 g/mol. The van der Waals surface area contributed by atoms with Crippen molar-refractivity contribution in [1.29, 1.82) is 5.26 Å². The predicted octanol–water partition coefficient (Wildman–Crippen LogP) is 2.28. The van der Waals surface area contributed by atoms with E-state index in [1.54, 1.807) is 13.8 Å². The van der Waals surface area contributed by atoms with Crippen molar-refractivity contribution >= 4 is 23.2 Å². The van der Waals surface area contributed by atoms with E-state index in [-0.39, 0.29) is 24.3 Å². The number of rotatable bonds is 7. The normalized spacial score (nSPS) is 11.5. The smallest absolute Gasteiger partial charge is 0.307 e. The molecule has 0 bridgehead atoms. The quantitative estimate of drug-likeness (QED) is 0.708. The first kappa shape index (κ1) is 20.4. The van der Waals surface area contributed by atoms with Crippen molar-refractivity contribution in [1.82, 2.24) is 10.3 Å². The molecule has 0 aliphatic rings. The van der Waals surface area contributed by atoms with Crippen LogP contribution in [0.5, 0.6) is 0 Å². The van der Waals surface area contributed by atoms with Gasteiger partial charge in [-0.05, 0) is 42.8 Å². The van der Waals surface area contributed by atoms with Crippen molar-refractivity contribution < 1.29 is 14.3 Å². The molecule has 0 saturated carbocycles. The fourth-order valence-electron chi connectivity index (χ4n) is 2.89. The van der Waals surface area contributed by atoms with Crippen LogP contribution in [0.25, 0.3) is 0 Å². The molecule has 0 radical (unpaired) electrons. The van der Waals surface area contributed by atoms with E-state index in [4.69, 9.17) is 10.00 Å². The van der Waals surface area contributed by atoms with Gasteiger partial charge in [-0.25, -0.2) is 0 Å². The maximum absolute atomic E-state index is 12.4. The molecule has 2 rings (SSSR count). The van der Waals surface area contributed by atoms with Gasteiger partial charge in [0.2, 0.25) is 5.91 Å². The van der Waals surface area contributed by atoms with Gasteiger partial charge in [-0.1, -0.05) is 6.07 Å². The van der Waals surface area contributed by atoms with Crippen LogP contribution in [0.3, 0.4) is 0 Å². The number of hydrogen-bond acceptors (Lipinski definition) is 6. The number of aromatic nitrogens is 1. The first-order chi connectivity index (χ1) is 12.9. The van der Waals surface area contributed by atoms with Gasteiger partial charge in [-0.2, -0.15) is 5.26 Å². The molecule has 2 aromatic heterocycles. The summed E-state index contributed by atoms with van der Waals surface area (Å²) in [6.45, 7) is 3.45. The fraction of sp³-hybridized carbons (Fsp3) is 0.368. The summed E-state index contributed by atoms with van der Waals surface area (Å²) in [7, 11) is 1.31. The Bertz CT molecular complexity index is 926. The lowest BCUT2D eigenvalue weighted by Crippen LogP contribution is -2.30. The average Bonchev–Trinajstić information content (AvgIpc) is 3.15. The number of amides is 1. The number of hydrogen-bond donors (Lipinski definition) is 2. The van der Waals surface area contributed by atoms with E-state index in [1.165, 1.54) is 18.4 Å². The molecule has 0 aromatic carbocycles. The summed E-state index contributed by atoms with van der Waals surface area (Å²) in [6, 6.07) is 5.17. The molecule has 2 N–H and O–H groups in total. The number of aryl methyl sites for hydroxylation is 1. The SMILES string of the molecule is COC(=O)CC(NC(=O)CCc1c(C)[nH]c(=O)c(C#N)c1C)c1cccs1. The van der Waals surface area contributed by atoms with Crippen LogP contribution in [-0.2, 0) is 20.7 Å². The summed E-state index contributed by atoms with van der Waals surface area (Å²) in [5.41, 5.74) is 1.67. The zero-order chi connectivity index (χ0) is 20.0. The first-order valence-electron chi connectivity index (χ1n) is 8.39. The van der Waals surface area contributed by atoms with E-state index in [1.807, 2.05) is 23.6 Å². The lowest BCUT2D eigenvalue weighted by molar-refractivity contribution is -0.141. The van der Waals surface area contributed by atoms with Crippen molar-refractivity contribution in [2.45, 2.75) is 39.2 Å². The highest BCUT2D eigenvalue weighted by Gasteiger charge is 2.20. The second-order valence-corrected chi connectivity index (χ2v) is 7.06. The Kier molecular flexibility index (Phi) is 6.91. The lowest BCUT2D eigenvalue weighted by atomic mass is 9.99. The van der Waals surface area contributed by atoms with Crippen LogP contribution in [-0.4, -0.2) is 24.0 Å². The molecular weight excluding hydrogens is 366 g/mol. The molecule has 0 saturated heterocycles. The molecule has 0 fully saturated rings. The summed E-state index contributed by atoms with van der Waals surface area (Å²) in [6.07, 6.45) is 0.601. The van der Waals surface area contributed by atoms with Crippen molar-refractivity contribution in [3.63, 3.8) is 0 Å². The molecular formula is C19H21N3O4S. The minimum atomic E-state index is -0.447. The number of esters is 1. The molecule has 0 aliphatic heterocycles. The molecule has 1 atom stereocenters. The van der Waals surface area contributed by atoms with Crippen LogP contribution < -0.4 is 10.9 Å². The number of ether oxygens (including phenoxy) is 1. The number of nitrogens with one attached hydrogen (secondary N) is 2. The van der Waals surface area contributed by atoms with Crippen LogP contribution in [0.4, 0.5) is 0 Å². The molecule has 2 aromatic rings. The van der Waals surface area contributed by atoms with E-state index in [2.05, 4.69) is 10.3 Å². The van der Waals surface area contributed by atoms with Gasteiger partial charge in [0.25, 0.3) is 5.56 Å². The molecule has 0 aliphatic carbocycles. The number of methoxy groups -OCH3 is 1. The Hall–Kier alpha value is -2.92. The maximum atomic E-state index is 12.4. The number of pyridine rings is 1. The van der Waals surface area contributed by atoms with E-state index >= 15 is 0 Å². The largest absolute Gasteiger partial charge is 0.469 e. The van der Waals surface area contributed by atoms with E-state index in [0.29, 0.717) is 17.7 Å². The second kappa shape index (κ2) is 9.14. The van der Waals surface area contributed by atoms with E-state index in [9.17, 15) is 14.4 Å². The van der Waals surface area contributed by atoms with Crippen LogP contribution in [0.2, 0.25) is 0 Å². The molecule has 27 heavy (non-hydrogen) atoms. The number of aromatic amines is 1. The molecule has 7 nitrogen and oxygen atoms in total. The van der Waals surface area contributed by atoms with Gasteiger partial charge < -0.3 is 15.0 Å². The molecule has 1 amide bonds. The Balaban J connectivity index is 2.10. The monoisotopic (exact) mass is 387 g/mol. The summed E-state index contributed by atoms with van der Waals surface area (Å²) in [5, 5.41) is 13.9. The third-order valence-electron chi connectivity index (χ3n) is 4.34. The third-order valence-corrected chi connectivity index (χ3v) is 5.33. The van der Waals surface area contributed by atoms with Gasteiger partial charge in [-0.3, -0.25) is 14.4 Å². The number of carbonyl (C=O) groups excluding carboxylic acids is 2. The number of H-pyrrole nitrogens is 1. The van der Waals surface area contributed by atoms with Gasteiger partial charge in [0, 0.05) is 17.0 Å². The molecule has 0 spiro atoms. The lowest BCUT2D eigenvalue weighted by Gasteiger charge is -2.17. The first-order valence-corrected chi connectivity index (χ1v) is 9.27. The Morgan fingerprint density at radius 2 is 2.15 bits per heavy atom. The van der Waals surface area contributed by atoms with E-state index in [0.717, 1.165) is 10.4 Å². The predicted molar refractivity (Wildman–Crippen MR) is 101 cm³/mol. The number of thiophene rings is 1. The Morgan fingerprint density at radius 3 is 2.74 bits per heavy atom. The van der Waals surface area contributed by atoms with Gasteiger partial charge in [0.15, 0.2) is 0 Å². The summed E-state index contributed by atoms with van der Waals surface area (Å²) in [5.74, 6) is -0.625. The standard InChI is InChI=1S/C19H21N3O4S/c1-11-13(12(2)21-19(25)14(11)10-20)6-7-17(23)22-15(9-18(24)26-3)16-5-4-8-27-16/h4-5,8,15H,6-7,9H2,1-3H3,(H,21,25)(H,22,23).